The molecule has 3 heteroatoms. The highest BCUT2D eigenvalue weighted by Gasteiger charge is 2.04. The van der Waals surface area contributed by atoms with Gasteiger partial charge in [0.15, 0.2) is 0 Å². The van der Waals surface area contributed by atoms with Crippen LogP contribution in [-0.2, 0) is 19.5 Å². The van der Waals surface area contributed by atoms with E-state index in [2.05, 4.69) is 29.5 Å². The minimum absolute atomic E-state index is 0.807. The molecule has 3 nitrogen and oxygen atoms in total. The van der Waals surface area contributed by atoms with Crippen molar-refractivity contribution < 1.29 is 4.52 Å². The SMILES string of the molecule is CCc1nocc1CNCc1ccccc1. The number of hydrogen-bond donors (Lipinski definition) is 1. The third kappa shape index (κ3) is 2.70. The lowest BCUT2D eigenvalue weighted by atomic mass is 10.2. The lowest BCUT2D eigenvalue weighted by Crippen LogP contribution is -2.13. The Bertz CT molecular complexity index is 423. The third-order valence-electron chi connectivity index (χ3n) is 2.55. The molecule has 0 bridgehead atoms. The van der Waals surface area contributed by atoms with E-state index in [-0.39, 0.29) is 0 Å². The molecule has 0 spiro atoms. The normalized spacial score (nSPS) is 10.6. The van der Waals surface area contributed by atoms with Gasteiger partial charge in [-0.05, 0) is 12.0 Å². The Morgan fingerprint density at radius 2 is 2.00 bits per heavy atom. The van der Waals surface area contributed by atoms with Crippen molar-refractivity contribution in [2.75, 3.05) is 0 Å². The topological polar surface area (TPSA) is 38.1 Å². The molecule has 0 aliphatic heterocycles. The monoisotopic (exact) mass is 216 g/mol. The Labute approximate surface area is 95.5 Å². The largest absolute Gasteiger partial charge is 0.364 e. The molecule has 16 heavy (non-hydrogen) atoms. The molecule has 0 unspecified atom stereocenters. The van der Waals surface area contributed by atoms with Gasteiger partial charge in [-0.15, -0.1) is 0 Å². The van der Waals surface area contributed by atoms with Crippen LogP contribution in [0.4, 0.5) is 0 Å². The van der Waals surface area contributed by atoms with Crippen LogP contribution >= 0.6 is 0 Å². The number of nitrogens with zero attached hydrogens (tertiary/aromatic N) is 1. The Balaban J connectivity index is 1.85. The van der Waals surface area contributed by atoms with Crippen LogP contribution < -0.4 is 5.32 Å². The fourth-order valence-corrected chi connectivity index (χ4v) is 1.65. The predicted molar refractivity (Wildman–Crippen MR) is 62.9 cm³/mol. The zero-order valence-electron chi connectivity index (χ0n) is 9.44. The van der Waals surface area contributed by atoms with E-state index in [0.717, 1.165) is 30.8 Å². The molecule has 0 amide bonds. The number of hydrogen-bond acceptors (Lipinski definition) is 3. The number of aryl methyl sites for hydroxylation is 1. The van der Waals surface area contributed by atoms with Crippen molar-refractivity contribution in [2.24, 2.45) is 0 Å². The van der Waals surface area contributed by atoms with E-state index >= 15 is 0 Å². The van der Waals surface area contributed by atoms with E-state index < -0.39 is 0 Å². The van der Waals surface area contributed by atoms with E-state index in [1.165, 1.54) is 5.56 Å². The molecule has 84 valence electrons. The summed E-state index contributed by atoms with van der Waals surface area (Å²) in [4.78, 5) is 0. The molecule has 1 N–H and O–H groups in total. The van der Waals surface area contributed by atoms with Crippen LogP contribution in [0.3, 0.4) is 0 Å². The van der Waals surface area contributed by atoms with Crippen LogP contribution in [0, 0.1) is 0 Å². The molecule has 0 radical (unpaired) electrons. The quantitative estimate of drug-likeness (QED) is 0.834. The average molecular weight is 216 g/mol. The zero-order valence-corrected chi connectivity index (χ0v) is 9.44. The van der Waals surface area contributed by atoms with Gasteiger partial charge in [0, 0.05) is 18.7 Å². The summed E-state index contributed by atoms with van der Waals surface area (Å²) in [6.07, 6.45) is 2.63. The van der Waals surface area contributed by atoms with Gasteiger partial charge in [-0.1, -0.05) is 42.4 Å². The standard InChI is InChI=1S/C13H16N2O/c1-2-13-12(10-16-15-13)9-14-8-11-6-4-3-5-7-11/h3-7,10,14H,2,8-9H2,1H3. The summed E-state index contributed by atoms with van der Waals surface area (Å²) in [7, 11) is 0. The van der Waals surface area contributed by atoms with Crippen molar-refractivity contribution in [3.8, 4) is 0 Å². The first-order valence-corrected chi connectivity index (χ1v) is 5.57. The zero-order chi connectivity index (χ0) is 11.2. The highest BCUT2D eigenvalue weighted by Crippen LogP contribution is 2.07. The molecule has 0 saturated carbocycles. The molecule has 0 saturated heterocycles. The average Bonchev–Trinajstić information content (AvgIpc) is 2.78. The molecule has 2 rings (SSSR count). The Morgan fingerprint density at radius 1 is 1.19 bits per heavy atom. The molecule has 0 fully saturated rings. The fraction of sp³-hybridized carbons (Fsp3) is 0.308. The maximum absolute atomic E-state index is 4.95. The Kier molecular flexibility index (Phi) is 3.72. The summed E-state index contributed by atoms with van der Waals surface area (Å²) in [5.41, 5.74) is 3.48. The maximum Gasteiger partial charge on any atom is 0.128 e. The van der Waals surface area contributed by atoms with Crippen LogP contribution in [0.5, 0.6) is 0 Å². The van der Waals surface area contributed by atoms with Crippen molar-refractivity contribution >= 4 is 0 Å². The summed E-state index contributed by atoms with van der Waals surface area (Å²) >= 11 is 0. The first-order chi connectivity index (χ1) is 7.90. The van der Waals surface area contributed by atoms with Gasteiger partial charge in [-0.25, -0.2) is 0 Å². The molecule has 1 aromatic carbocycles. The molecule has 1 aromatic heterocycles. The molecule has 0 atom stereocenters. The van der Waals surface area contributed by atoms with Gasteiger partial charge in [0.1, 0.15) is 6.26 Å². The van der Waals surface area contributed by atoms with Gasteiger partial charge in [0.2, 0.25) is 0 Å². The van der Waals surface area contributed by atoms with Crippen LogP contribution in [0.15, 0.2) is 41.1 Å². The smallest absolute Gasteiger partial charge is 0.128 e. The van der Waals surface area contributed by atoms with E-state index in [9.17, 15) is 0 Å². The van der Waals surface area contributed by atoms with E-state index in [4.69, 9.17) is 4.52 Å². The Morgan fingerprint density at radius 3 is 2.75 bits per heavy atom. The van der Waals surface area contributed by atoms with Crippen molar-refractivity contribution in [1.82, 2.24) is 10.5 Å². The molecular formula is C13H16N2O. The maximum atomic E-state index is 4.95. The third-order valence-corrected chi connectivity index (χ3v) is 2.55. The lowest BCUT2D eigenvalue weighted by molar-refractivity contribution is 0.411. The van der Waals surface area contributed by atoms with Gasteiger partial charge in [0.05, 0.1) is 5.69 Å². The molecule has 0 aliphatic carbocycles. The molecule has 1 heterocycles. The Hall–Kier alpha value is -1.61. The number of rotatable bonds is 5. The summed E-state index contributed by atoms with van der Waals surface area (Å²) in [5.74, 6) is 0. The number of nitrogens with one attached hydrogen (secondary N) is 1. The van der Waals surface area contributed by atoms with Crippen LogP contribution in [0.2, 0.25) is 0 Å². The highest BCUT2D eigenvalue weighted by molar-refractivity contribution is 5.16. The number of benzene rings is 1. The van der Waals surface area contributed by atoms with Gasteiger partial charge in [-0.2, -0.15) is 0 Å². The second-order valence-electron chi connectivity index (χ2n) is 3.73. The van der Waals surface area contributed by atoms with Crippen molar-refractivity contribution in [3.05, 3.63) is 53.4 Å². The van der Waals surface area contributed by atoms with Crippen LogP contribution in [-0.4, -0.2) is 5.16 Å². The predicted octanol–water partition coefficient (Wildman–Crippen LogP) is 2.53. The highest BCUT2D eigenvalue weighted by atomic mass is 16.5. The minimum atomic E-state index is 0.807. The minimum Gasteiger partial charge on any atom is -0.364 e. The number of aromatic nitrogens is 1. The first-order valence-electron chi connectivity index (χ1n) is 5.57. The van der Waals surface area contributed by atoms with Gasteiger partial charge < -0.3 is 9.84 Å². The van der Waals surface area contributed by atoms with Gasteiger partial charge in [-0.3, -0.25) is 0 Å². The van der Waals surface area contributed by atoms with Crippen molar-refractivity contribution in [3.63, 3.8) is 0 Å². The summed E-state index contributed by atoms with van der Waals surface area (Å²) in [6.45, 7) is 3.76. The summed E-state index contributed by atoms with van der Waals surface area (Å²) in [5, 5.41) is 7.32. The second-order valence-corrected chi connectivity index (χ2v) is 3.73. The lowest BCUT2D eigenvalue weighted by Gasteiger charge is -2.03. The van der Waals surface area contributed by atoms with E-state index in [1.807, 2.05) is 18.2 Å². The molecular weight excluding hydrogens is 200 g/mol. The van der Waals surface area contributed by atoms with Gasteiger partial charge in [0.25, 0.3) is 0 Å². The summed E-state index contributed by atoms with van der Waals surface area (Å²) < 4.78 is 4.95. The summed E-state index contributed by atoms with van der Waals surface area (Å²) in [6, 6.07) is 10.4. The van der Waals surface area contributed by atoms with E-state index in [1.54, 1.807) is 6.26 Å². The first kappa shape index (κ1) is 10.9. The molecule has 0 aliphatic rings. The van der Waals surface area contributed by atoms with Crippen LogP contribution in [0.1, 0.15) is 23.7 Å². The van der Waals surface area contributed by atoms with E-state index in [0.29, 0.717) is 0 Å². The second kappa shape index (κ2) is 5.47. The fourth-order valence-electron chi connectivity index (χ4n) is 1.65. The van der Waals surface area contributed by atoms with Crippen molar-refractivity contribution in [1.29, 1.82) is 0 Å². The van der Waals surface area contributed by atoms with Gasteiger partial charge >= 0.3 is 0 Å². The molecule has 2 aromatic rings. The van der Waals surface area contributed by atoms with Crippen LogP contribution in [0.25, 0.3) is 0 Å². The van der Waals surface area contributed by atoms with Crippen molar-refractivity contribution in [2.45, 2.75) is 26.4 Å².